The maximum atomic E-state index is 12.8. The standard InChI is InChI=1S/C20H21Cl2N3O3S/c21-16-9-10-18(20-19(16)17(22)11-24-20)25-29(26,27)15-7-5-14(6-8-15)28-13-3-1-12(23)2-4-13/h5-13,24-25H,1-4,23H2. The highest BCUT2D eigenvalue weighted by molar-refractivity contribution is 7.92. The highest BCUT2D eigenvalue weighted by atomic mass is 35.5. The lowest BCUT2D eigenvalue weighted by Gasteiger charge is -2.26. The van der Waals surface area contributed by atoms with Gasteiger partial charge in [-0.15, -0.1) is 0 Å². The van der Waals surface area contributed by atoms with Crippen molar-refractivity contribution < 1.29 is 13.2 Å². The van der Waals surface area contributed by atoms with Crippen LogP contribution in [-0.2, 0) is 10.0 Å². The number of anilines is 1. The van der Waals surface area contributed by atoms with Gasteiger partial charge in [0.05, 0.1) is 32.2 Å². The van der Waals surface area contributed by atoms with E-state index in [1.165, 1.54) is 12.1 Å². The van der Waals surface area contributed by atoms with Gasteiger partial charge in [0, 0.05) is 17.6 Å². The number of rotatable bonds is 5. The van der Waals surface area contributed by atoms with E-state index >= 15 is 0 Å². The largest absolute Gasteiger partial charge is 0.490 e. The van der Waals surface area contributed by atoms with Crippen molar-refractivity contribution in [1.29, 1.82) is 0 Å². The van der Waals surface area contributed by atoms with E-state index in [2.05, 4.69) is 9.71 Å². The smallest absolute Gasteiger partial charge is 0.261 e. The van der Waals surface area contributed by atoms with E-state index in [-0.39, 0.29) is 17.0 Å². The minimum atomic E-state index is -3.79. The molecule has 1 aliphatic rings. The molecule has 3 aromatic rings. The maximum Gasteiger partial charge on any atom is 0.261 e. The van der Waals surface area contributed by atoms with Crippen LogP contribution in [0.25, 0.3) is 10.9 Å². The second-order valence-corrected chi connectivity index (χ2v) is 9.71. The minimum Gasteiger partial charge on any atom is -0.490 e. The van der Waals surface area contributed by atoms with Crippen LogP contribution < -0.4 is 15.2 Å². The minimum absolute atomic E-state index is 0.121. The maximum absolute atomic E-state index is 12.8. The van der Waals surface area contributed by atoms with Gasteiger partial charge in [-0.05, 0) is 62.1 Å². The van der Waals surface area contributed by atoms with Gasteiger partial charge < -0.3 is 15.5 Å². The number of halogens is 2. The van der Waals surface area contributed by atoms with Crippen molar-refractivity contribution in [2.24, 2.45) is 5.73 Å². The van der Waals surface area contributed by atoms with Gasteiger partial charge in [-0.1, -0.05) is 23.2 Å². The van der Waals surface area contributed by atoms with Crippen LogP contribution in [0.4, 0.5) is 5.69 Å². The first-order chi connectivity index (χ1) is 13.8. The van der Waals surface area contributed by atoms with Crippen molar-refractivity contribution in [2.45, 2.75) is 42.7 Å². The molecule has 1 fully saturated rings. The zero-order valence-corrected chi connectivity index (χ0v) is 17.8. The lowest BCUT2D eigenvalue weighted by molar-refractivity contribution is 0.147. The van der Waals surface area contributed by atoms with Crippen LogP contribution in [0.3, 0.4) is 0 Å². The van der Waals surface area contributed by atoms with Crippen molar-refractivity contribution in [3.05, 3.63) is 52.6 Å². The van der Waals surface area contributed by atoms with Gasteiger partial charge in [0.15, 0.2) is 0 Å². The Morgan fingerprint density at radius 2 is 1.69 bits per heavy atom. The molecule has 29 heavy (non-hydrogen) atoms. The van der Waals surface area contributed by atoms with Gasteiger partial charge in [-0.2, -0.15) is 0 Å². The average Bonchev–Trinajstić information content (AvgIpc) is 3.09. The molecular formula is C20H21Cl2N3O3S. The molecule has 0 unspecified atom stereocenters. The molecule has 4 N–H and O–H groups in total. The molecule has 0 spiro atoms. The number of H-pyrrole nitrogens is 1. The number of fused-ring (bicyclic) bond motifs is 1. The fourth-order valence-corrected chi connectivity index (χ4v) is 5.18. The molecule has 0 aliphatic heterocycles. The zero-order valence-electron chi connectivity index (χ0n) is 15.5. The Labute approximate surface area is 179 Å². The summed E-state index contributed by atoms with van der Waals surface area (Å²) >= 11 is 12.3. The Morgan fingerprint density at radius 1 is 1.00 bits per heavy atom. The SMILES string of the molecule is NC1CCC(Oc2ccc(S(=O)(=O)Nc3ccc(Cl)c4c(Cl)c[nH]c34)cc2)CC1. The predicted octanol–water partition coefficient (Wildman–Crippen LogP) is 4.92. The fraction of sp³-hybridized carbons (Fsp3) is 0.300. The van der Waals surface area contributed by atoms with Gasteiger partial charge in [-0.3, -0.25) is 4.72 Å². The van der Waals surface area contributed by atoms with Crippen molar-refractivity contribution in [2.75, 3.05) is 4.72 Å². The van der Waals surface area contributed by atoms with Crippen LogP contribution in [0, 0.1) is 0 Å². The molecule has 6 nitrogen and oxygen atoms in total. The number of nitrogens with one attached hydrogen (secondary N) is 2. The molecule has 0 radical (unpaired) electrons. The molecule has 4 rings (SSSR count). The average molecular weight is 454 g/mol. The summed E-state index contributed by atoms with van der Waals surface area (Å²) in [6.07, 6.45) is 5.40. The molecule has 154 valence electrons. The molecule has 0 atom stereocenters. The summed E-state index contributed by atoms with van der Waals surface area (Å²) < 4.78 is 34.2. The number of aromatic amines is 1. The Morgan fingerprint density at radius 3 is 2.38 bits per heavy atom. The molecule has 1 saturated carbocycles. The molecule has 1 aromatic heterocycles. The number of ether oxygens (including phenoxy) is 1. The summed E-state index contributed by atoms with van der Waals surface area (Å²) in [5, 5.41) is 1.44. The van der Waals surface area contributed by atoms with Crippen molar-refractivity contribution >= 4 is 49.8 Å². The molecule has 1 aliphatic carbocycles. The van der Waals surface area contributed by atoms with E-state index in [1.54, 1.807) is 30.5 Å². The number of hydrogen-bond donors (Lipinski definition) is 3. The third kappa shape index (κ3) is 4.33. The van der Waals surface area contributed by atoms with E-state index in [0.29, 0.717) is 32.4 Å². The summed E-state index contributed by atoms with van der Waals surface area (Å²) in [5.74, 6) is 0.648. The Kier molecular flexibility index (Phi) is 5.66. The quantitative estimate of drug-likeness (QED) is 0.510. The number of hydrogen-bond acceptors (Lipinski definition) is 4. The van der Waals surface area contributed by atoms with Gasteiger partial charge in [0.25, 0.3) is 10.0 Å². The number of benzene rings is 2. The van der Waals surface area contributed by atoms with Gasteiger partial charge >= 0.3 is 0 Å². The van der Waals surface area contributed by atoms with Crippen molar-refractivity contribution in [3.8, 4) is 5.75 Å². The van der Waals surface area contributed by atoms with E-state index in [4.69, 9.17) is 33.7 Å². The third-order valence-corrected chi connectivity index (χ3v) is 7.13. The third-order valence-electron chi connectivity index (χ3n) is 5.14. The molecule has 1 heterocycles. The normalized spacial score (nSPS) is 20.0. The molecule has 0 saturated heterocycles. The van der Waals surface area contributed by atoms with Crippen LogP contribution in [0.2, 0.25) is 10.0 Å². The van der Waals surface area contributed by atoms with E-state index in [1.807, 2.05) is 0 Å². The fourth-order valence-electron chi connectivity index (χ4n) is 3.55. The summed E-state index contributed by atoms with van der Waals surface area (Å²) in [7, 11) is -3.79. The van der Waals surface area contributed by atoms with Gasteiger partial charge in [-0.25, -0.2) is 8.42 Å². The highest BCUT2D eigenvalue weighted by Gasteiger charge is 2.21. The van der Waals surface area contributed by atoms with Crippen LogP contribution in [0.15, 0.2) is 47.5 Å². The topological polar surface area (TPSA) is 97.2 Å². The number of aromatic nitrogens is 1. The van der Waals surface area contributed by atoms with Crippen molar-refractivity contribution in [3.63, 3.8) is 0 Å². The summed E-state index contributed by atoms with van der Waals surface area (Å²) in [5.41, 5.74) is 6.82. The second-order valence-electron chi connectivity index (χ2n) is 7.21. The molecule has 2 aromatic carbocycles. The van der Waals surface area contributed by atoms with Gasteiger partial charge in [0.1, 0.15) is 5.75 Å². The Balaban J connectivity index is 1.51. The lowest BCUT2D eigenvalue weighted by atomic mass is 9.94. The summed E-state index contributed by atoms with van der Waals surface area (Å²) in [4.78, 5) is 3.09. The second kappa shape index (κ2) is 8.07. The van der Waals surface area contributed by atoms with E-state index in [0.717, 1.165) is 25.7 Å². The first-order valence-corrected chi connectivity index (χ1v) is 11.6. The van der Waals surface area contributed by atoms with Crippen LogP contribution in [-0.4, -0.2) is 25.5 Å². The van der Waals surface area contributed by atoms with Crippen molar-refractivity contribution in [1.82, 2.24) is 4.98 Å². The molecule has 9 heteroatoms. The molecule has 0 amide bonds. The van der Waals surface area contributed by atoms with Crippen LogP contribution in [0.1, 0.15) is 25.7 Å². The Hall–Kier alpha value is -1.93. The molecule has 0 bridgehead atoms. The predicted molar refractivity (Wildman–Crippen MR) is 116 cm³/mol. The molecular weight excluding hydrogens is 433 g/mol. The summed E-state index contributed by atoms with van der Waals surface area (Å²) in [6.45, 7) is 0. The first kappa shape index (κ1) is 20.3. The van der Waals surface area contributed by atoms with E-state index in [9.17, 15) is 8.42 Å². The Bertz CT molecular complexity index is 1120. The number of nitrogens with two attached hydrogens (primary N) is 1. The zero-order chi connectivity index (χ0) is 20.6. The van der Waals surface area contributed by atoms with Gasteiger partial charge in [0.2, 0.25) is 0 Å². The summed E-state index contributed by atoms with van der Waals surface area (Å²) in [6, 6.07) is 9.86. The lowest BCUT2D eigenvalue weighted by Crippen LogP contribution is -2.31. The highest BCUT2D eigenvalue weighted by Crippen LogP contribution is 2.35. The van der Waals surface area contributed by atoms with E-state index < -0.39 is 10.0 Å². The number of sulfonamides is 1. The monoisotopic (exact) mass is 453 g/mol. The first-order valence-electron chi connectivity index (χ1n) is 9.34. The van der Waals surface area contributed by atoms with Crippen LogP contribution >= 0.6 is 23.2 Å². The van der Waals surface area contributed by atoms with Crippen LogP contribution in [0.5, 0.6) is 5.75 Å².